The third-order valence-electron chi connectivity index (χ3n) is 3.22. The lowest BCUT2D eigenvalue weighted by Crippen LogP contribution is -2.43. The van der Waals surface area contributed by atoms with Gasteiger partial charge in [-0.25, -0.2) is 0 Å². The molecule has 2 aromatic heterocycles. The number of rotatable bonds is 3. The van der Waals surface area contributed by atoms with Crippen LogP contribution in [0.5, 0.6) is 0 Å². The number of nitrogens with zero attached hydrogens (tertiary/aromatic N) is 5. The second kappa shape index (κ2) is 5.41. The lowest BCUT2D eigenvalue weighted by atomic mass is 10.1. The van der Waals surface area contributed by atoms with Crippen molar-refractivity contribution in [3.05, 3.63) is 18.4 Å². The number of hydrogen-bond donors (Lipinski definition) is 1. The Morgan fingerprint density at radius 3 is 3.20 bits per heavy atom. The van der Waals surface area contributed by atoms with Gasteiger partial charge in [0.15, 0.2) is 5.76 Å². The van der Waals surface area contributed by atoms with Gasteiger partial charge in [0.1, 0.15) is 6.54 Å². The molecule has 106 valence electrons. The number of aromatic nitrogens is 4. The summed E-state index contributed by atoms with van der Waals surface area (Å²) in [5.74, 6) is 0.741. The average molecular weight is 277 g/mol. The summed E-state index contributed by atoms with van der Waals surface area (Å²) in [5, 5.41) is 21.3. The zero-order valence-corrected chi connectivity index (χ0v) is 10.8. The number of piperidine rings is 1. The summed E-state index contributed by atoms with van der Waals surface area (Å²) >= 11 is 0. The maximum Gasteiger partial charge on any atom is 0.246 e. The second-order valence-corrected chi connectivity index (χ2v) is 4.76. The van der Waals surface area contributed by atoms with Gasteiger partial charge in [-0.2, -0.15) is 4.80 Å². The van der Waals surface area contributed by atoms with Gasteiger partial charge >= 0.3 is 0 Å². The Bertz CT molecular complexity index is 580. The summed E-state index contributed by atoms with van der Waals surface area (Å²) in [5.41, 5.74) is 0. The number of β-amino-alcohol motifs (C(OH)–C–C–N with tert-alkyl or cyclic N) is 1. The Kier molecular flexibility index (Phi) is 3.46. The molecule has 8 nitrogen and oxygen atoms in total. The first kappa shape index (κ1) is 12.8. The minimum absolute atomic E-state index is 0.0143. The Balaban J connectivity index is 1.64. The Labute approximate surface area is 115 Å². The number of carbonyl (C=O) groups excluding carboxylic acids is 1. The highest BCUT2D eigenvalue weighted by molar-refractivity contribution is 5.75. The molecule has 3 heterocycles. The topological polar surface area (TPSA) is 97.3 Å². The normalized spacial score (nSPS) is 19.2. The van der Waals surface area contributed by atoms with Crippen LogP contribution in [0, 0.1) is 0 Å². The van der Waals surface area contributed by atoms with Crippen molar-refractivity contribution in [3.63, 3.8) is 0 Å². The molecule has 1 aliphatic heterocycles. The van der Waals surface area contributed by atoms with Crippen molar-refractivity contribution in [2.75, 3.05) is 13.1 Å². The molecule has 3 rings (SSSR count). The summed E-state index contributed by atoms with van der Waals surface area (Å²) < 4.78 is 5.16. The van der Waals surface area contributed by atoms with E-state index >= 15 is 0 Å². The van der Waals surface area contributed by atoms with Crippen LogP contribution in [0.1, 0.15) is 12.8 Å². The van der Waals surface area contributed by atoms with Gasteiger partial charge in [0.2, 0.25) is 11.7 Å². The quantitative estimate of drug-likeness (QED) is 0.842. The Morgan fingerprint density at radius 1 is 1.55 bits per heavy atom. The van der Waals surface area contributed by atoms with Crippen LogP contribution in [0.25, 0.3) is 11.6 Å². The van der Waals surface area contributed by atoms with Crippen LogP contribution in [0.4, 0.5) is 0 Å². The molecular formula is C12H15N5O3. The van der Waals surface area contributed by atoms with E-state index in [4.69, 9.17) is 4.42 Å². The Morgan fingerprint density at radius 2 is 2.45 bits per heavy atom. The fourth-order valence-electron chi connectivity index (χ4n) is 2.22. The van der Waals surface area contributed by atoms with Gasteiger partial charge in [-0.3, -0.25) is 4.79 Å². The van der Waals surface area contributed by atoms with Crippen molar-refractivity contribution in [1.29, 1.82) is 0 Å². The van der Waals surface area contributed by atoms with Crippen molar-refractivity contribution in [2.45, 2.75) is 25.5 Å². The van der Waals surface area contributed by atoms with Crippen molar-refractivity contribution in [2.24, 2.45) is 0 Å². The molecular weight excluding hydrogens is 262 g/mol. The number of amides is 1. The van der Waals surface area contributed by atoms with Crippen molar-refractivity contribution in [3.8, 4) is 11.6 Å². The molecule has 2 aromatic rings. The average Bonchev–Trinajstić information content (AvgIpc) is 3.08. The fraction of sp³-hybridized carbons (Fsp3) is 0.500. The van der Waals surface area contributed by atoms with Crippen molar-refractivity contribution < 1.29 is 14.3 Å². The highest BCUT2D eigenvalue weighted by Crippen LogP contribution is 2.13. The fourth-order valence-corrected chi connectivity index (χ4v) is 2.22. The maximum atomic E-state index is 12.1. The van der Waals surface area contributed by atoms with Crippen LogP contribution in [-0.2, 0) is 11.3 Å². The van der Waals surface area contributed by atoms with E-state index < -0.39 is 6.10 Å². The van der Waals surface area contributed by atoms with E-state index in [2.05, 4.69) is 15.4 Å². The van der Waals surface area contributed by atoms with Gasteiger partial charge < -0.3 is 14.4 Å². The van der Waals surface area contributed by atoms with Gasteiger partial charge in [-0.05, 0) is 30.2 Å². The van der Waals surface area contributed by atoms with Crippen molar-refractivity contribution >= 4 is 5.91 Å². The number of aliphatic hydroxyl groups is 1. The van der Waals surface area contributed by atoms with Crippen LogP contribution in [-0.4, -0.2) is 55.3 Å². The van der Waals surface area contributed by atoms with E-state index in [0.29, 0.717) is 24.7 Å². The monoisotopic (exact) mass is 277 g/mol. The van der Waals surface area contributed by atoms with Gasteiger partial charge in [0, 0.05) is 13.1 Å². The lowest BCUT2D eigenvalue weighted by Gasteiger charge is -2.29. The molecule has 1 unspecified atom stereocenters. The van der Waals surface area contributed by atoms with Crippen LogP contribution in [0.15, 0.2) is 22.8 Å². The predicted octanol–water partition coefficient (Wildman–Crippen LogP) is -0.0836. The van der Waals surface area contributed by atoms with Crippen LogP contribution in [0.3, 0.4) is 0 Å². The van der Waals surface area contributed by atoms with Crippen LogP contribution in [0.2, 0.25) is 0 Å². The molecule has 1 fully saturated rings. The first-order valence-electron chi connectivity index (χ1n) is 6.50. The molecule has 20 heavy (non-hydrogen) atoms. The predicted molar refractivity (Wildman–Crippen MR) is 67.3 cm³/mol. The number of aliphatic hydroxyl groups excluding tert-OH is 1. The maximum absolute atomic E-state index is 12.1. The first-order chi connectivity index (χ1) is 9.72. The number of carbonyl (C=O) groups is 1. The van der Waals surface area contributed by atoms with E-state index in [1.54, 1.807) is 17.0 Å². The zero-order chi connectivity index (χ0) is 13.9. The minimum Gasteiger partial charge on any atom is -0.461 e. The van der Waals surface area contributed by atoms with E-state index in [9.17, 15) is 9.90 Å². The molecule has 8 heteroatoms. The Hall–Kier alpha value is -2.22. The summed E-state index contributed by atoms with van der Waals surface area (Å²) in [4.78, 5) is 14.9. The minimum atomic E-state index is -0.435. The summed E-state index contributed by atoms with van der Waals surface area (Å²) in [7, 11) is 0. The highest BCUT2D eigenvalue weighted by Gasteiger charge is 2.23. The molecule has 0 radical (unpaired) electrons. The van der Waals surface area contributed by atoms with Gasteiger partial charge in [-0.1, -0.05) is 0 Å². The highest BCUT2D eigenvalue weighted by atomic mass is 16.3. The number of furan rings is 1. The van der Waals surface area contributed by atoms with E-state index in [0.717, 1.165) is 12.8 Å². The zero-order valence-electron chi connectivity index (χ0n) is 10.8. The molecule has 0 bridgehead atoms. The molecule has 0 spiro atoms. The molecule has 1 aliphatic rings. The van der Waals surface area contributed by atoms with Gasteiger partial charge in [0.25, 0.3) is 0 Å². The van der Waals surface area contributed by atoms with E-state index in [1.165, 1.54) is 11.1 Å². The third kappa shape index (κ3) is 2.69. The number of hydrogen-bond acceptors (Lipinski definition) is 6. The SMILES string of the molecule is O=C(Cn1nnc(-c2ccco2)n1)N1CCCC(O)C1. The molecule has 0 aromatic carbocycles. The number of likely N-dealkylation sites (tertiary alicyclic amines) is 1. The van der Waals surface area contributed by atoms with Crippen molar-refractivity contribution in [1.82, 2.24) is 25.1 Å². The molecule has 1 saturated heterocycles. The molecule has 1 atom stereocenters. The molecule has 0 aliphatic carbocycles. The second-order valence-electron chi connectivity index (χ2n) is 4.76. The van der Waals surface area contributed by atoms with Crippen LogP contribution >= 0.6 is 0 Å². The molecule has 0 saturated carbocycles. The third-order valence-corrected chi connectivity index (χ3v) is 3.22. The largest absolute Gasteiger partial charge is 0.461 e. The van der Waals surface area contributed by atoms with Gasteiger partial charge in [-0.15, -0.1) is 10.2 Å². The lowest BCUT2D eigenvalue weighted by molar-refractivity contribution is -0.135. The summed E-state index contributed by atoms with van der Waals surface area (Å²) in [6.45, 7) is 1.05. The van der Waals surface area contributed by atoms with E-state index in [-0.39, 0.29) is 12.5 Å². The first-order valence-corrected chi connectivity index (χ1v) is 6.50. The van der Waals surface area contributed by atoms with Crippen LogP contribution < -0.4 is 0 Å². The van der Waals surface area contributed by atoms with Gasteiger partial charge in [0.05, 0.1) is 12.4 Å². The summed E-state index contributed by atoms with van der Waals surface area (Å²) in [6, 6.07) is 3.46. The molecule has 1 N–H and O–H groups in total. The summed E-state index contributed by atoms with van der Waals surface area (Å²) in [6.07, 6.45) is 2.65. The smallest absolute Gasteiger partial charge is 0.246 e. The number of tetrazole rings is 1. The standard InChI is InChI=1S/C12H15N5O3/c18-9-3-1-5-16(7-9)11(19)8-17-14-12(13-15-17)10-4-2-6-20-10/h2,4,6,9,18H,1,3,5,7-8H2. The van der Waals surface area contributed by atoms with E-state index in [1.807, 2.05) is 0 Å². The molecule has 1 amide bonds.